The first kappa shape index (κ1) is 18.5. The molecule has 1 saturated carbocycles. The van der Waals surface area contributed by atoms with Crippen molar-refractivity contribution in [3.05, 3.63) is 35.6 Å². The number of aryl methyl sites for hydroxylation is 1. The standard InChI is InChI=1S/C21H27NO4/c1-13-8-9-17-16(12-25-19(17)10-13)11-20(23)26-15(3)21(24)22-18-7-5-4-6-14(18)2/h8-10,12,14-15,18H,4-7,11H2,1-3H3,(H,22,24)/t14-,15-,18+/m0/s1. The molecule has 0 saturated heterocycles. The molecule has 2 aromatic rings. The third kappa shape index (κ3) is 4.26. The molecule has 3 rings (SSSR count). The summed E-state index contributed by atoms with van der Waals surface area (Å²) < 4.78 is 10.9. The molecule has 1 aromatic carbocycles. The minimum Gasteiger partial charge on any atom is -0.464 e. The number of nitrogens with one attached hydrogen (secondary N) is 1. The monoisotopic (exact) mass is 357 g/mol. The fourth-order valence-electron chi connectivity index (χ4n) is 3.61. The molecule has 0 unspecified atom stereocenters. The lowest BCUT2D eigenvalue weighted by Gasteiger charge is -2.30. The Hall–Kier alpha value is -2.30. The number of hydrogen-bond acceptors (Lipinski definition) is 4. The Labute approximate surface area is 154 Å². The van der Waals surface area contributed by atoms with Crippen molar-refractivity contribution in [2.45, 2.75) is 65.0 Å². The summed E-state index contributed by atoms with van der Waals surface area (Å²) in [5, 5.41) is 3.94. The van der Waals surface area contributed by atoms with Gasteiger partial charge in [0.25, 0.3) is 5.91 Å². The Bertz CT molecular complexity index is 794. The molecule has 5 nitrogen and oxygen atoms in total. The summed E-state index contributed by atoms with van der Waals surface area (Å²) in [6.07, 6.45) is 5.36. The van der Waals surface area contributed by atoms with Gasteiger partial charge in [-0.15, -0.1) is 0 Å². The van der Waals surface area contributed by atoms with E-state index in [9.17, 15) is 9.59 Å². The van der Waals surface area contributed by atoms with E-state index in [-0.39, 0.29) is 18.4 Å². The predicted molar refractivity (Wildman–Crippen MR) is 99.8 cm³/mol. The van der Waals surface area contributed by atoms with Crippen LogP contribution < -0.4 is 5.32 Å². The van der Waals surface area contributed by atoms with Crippen LogP contribution in [0.25, 0.3) is 11.0 Å². The molecule has 1 fully saturated rings. The molecular formula is C21H27NO4. The molecule has 5 heteroatoms. The zero-order valence-electron chi connectivity index (χ0n) is 15.7. The first-order valence-corrected chi connectivity index (χ1v) is 9.40. The third-order valence-electron chi connectivity index (χ3n) is 5.26. The summed E-state index contributed by atoms with van der Waals surface area (Å²) in [7, 11) is 0. The van der Waals surface area contributed by atoms with Gasteiger partial charge in [-0.25, -0.2) is 0 Å². The highest BCUT2D eigenvalue weighted by Crippen LogP contribution is 2.24. The van der Waals surface area contributed by atoms with Crippen LogP contribution in [-0.2, 0) is 20.7 Å². The molecule has 0 bridgehead atoms. The molecular weight excluding hydrogens is 330 g/mol. The molecule has 1 aliphatic carbocycles. The highest BCUT2D eigenvalue weighted by molar-refractivity contribution is 5.88. The van der Waals surface area contributed by atoms with Gasteiger partial charge in [0.1, 0.15) is 5.58 Å². The van der Waals surface area contributed by atoms with E-state index < -0.39 is 12.1 Å². The maximum atomic E-state index is 12.3. The quantitative estimate of drug-likeness (QED) is 0.824. The van der Waals surface area contributed by atoms with E-state index in [4.69, 9.17) is 9.15 Å². The number of esters is 1. The first-order chi connectivity index (χ1) is 12.4. The summed E-state index contributed by atoms with van der Waals surface area (Å²) in [5.74, 6) is -0.172. The second-order valence-electron chi connectivity index (χ2n) is 7.45. The van der Waals surface area contributed by atoms with Crippen LogP contribution in [-0.4, -0.2) is 24.0 Å². The second-order valence-corrected chi connectivity index (χ2v) is 7.45. The summed E-state index contributed by atoms with van der Waals surface area (Å²) in [4.78, 5) is 24.6. The number of carbonyl (C=O) groups is 2. The summed E-state index contributed by atoms with van der Waals surface area (Å²) >= 11 is 0. The van der Waals surface area contributed by atoms with Crippen molar-refractivity contribution in [2.24, 2.45) is 5.92 Å². The molecule has 1 heterocycles. The van der Waals surface area contributed by atoms with Gasteiger partial charge in [-0.05, 0) is 44.2 Å². The number of fused-ring (bicyclic) bond motifs is 1. The number of furan rings is 1. The first-order valence-electron chi connectivity index (χ1n) is 9.40. The Balaban J connectivity index is 1.55. The van der Waals surface area contributed by atoms with E-state index in [1.54, 1.807) is 13.2 Å². The largest absolute Gasteiger partial charge is 0.464 e. The zero-order valence-corrected chi connectivity index (χ0v) is 15.7. The normalized spacial score (nSPS) is 21.3. The van der Waals surface area contributed by atoms with Crippen molar-refractivity contribution >= 4 is 22.8 Å². The van der Waals surface area contributed by atoms with Gasteiger partial charge in [-0.2, -0.15) is 0 Å². The number of amides is 1. The van der Waals surface area contributed by atoms with E-state index >= 15 is 0 Å². The zero-order chi connectivity index (χ0) is 18.7. The van der Waals surface area contributed by atoms with Gasteiger partial charge in [-0.1, -0.05) is 31.9 Å². The molecule has 0 radical (unpaired) electrons. The van der Waals surface area contributed by atoms with Gasteiger partial charge in [0.15, 0.2) is 6.10 Å². The SMILES string of the molecule is Cc1ccc2c(CC(=O)O[C@@H](C)C(=O)N[C@@H]3CCCC[C@@H]3C)coc2c1. The minimum absolute atomic E-state index is 0.0908. The van der Waals surface area contributed by atoms with Gasteiger partial charge in [-0.3, -0.25) is 9.59 Å². The maximum absolute atomic E-state index is 12.3. The average molecular weight is 357 g/mol. The number of rotatable bonds is 5. The maximum Gasteiger partial charge on any atom is 0.311 e. The topological polar surface area (TPSA) is 68.5 Å². The van der Waals surface area contributed by atoms with Crippen LogP contribution in [0.4, 0.5) is 0 Å². The number of benzene rings is 1. The lowest BCUT2D eigenvalue weighted by molar-refractivity contribution is -0.154. The molecule has 1 aromatic heterocycles. The van der Waals surface area contributed by atoms with E-state index in [2.05, 4.69) is 12.2 Å². The second kappa shape index (κ2) is 7.94. The van der Waals surface area contributed by atoms with Crippen molar-refractivity contribution in [1.29, 1.82) is 0 Å². The molecule has 1 amide bonds. The highest BCUT2D eigenvalue weighted by atomic mass is 16.5. The van der Waals surface area contributed by atoms with Gasteiger partial charge in [0.05, 0.1) is 12.7 Å². The highest BCUT2D eigenvalue weighted by Gasteiger charge is 2.26. The fourth-order valence-corrected chi connectivity index (χ4v) is 3.61. The molecule has 26 heavy (non-hydrogen) atoms. The van der Waals surface area contributed by atoms with Crippen molar-refractivity contribution in [1.82, 2.24) is 5.32 Å². The average Bonchev–Trinajstić information content (AvgIpc) is 2.98. The minimum atomic E-state index is -0.794. The predicted octanol–water partition coefficient (Wildman–Crippen LogP) is 3.91. The van der Waals surface area contributed by atoms with Gasteiger partial charge in [0.2, 0.25) is 0 Å². The summed E-state index contributed by atoms with van der Waals surface area (Å²) in [6.45, 7) is 5.77. The van der Waals surface area contributed by atoms with E-state index in [0.717, 1.165) is 41.4 Å². The Morgan fingerprint density at radius 1 is 1.31 bits per heavy atom. The van der Waals surface area contributed by atoms with Crippen molar-refractivity contribution < 1.29 is 18.7 Å². The third-order valence-corrected chi connectivity index (χ3v) is 5.26. The number of ether oxygens (including phenoxy) is 1. The molecule has 140 valence electrons. The molecule has 3 atom stereocenters. The van der Waals surface area contributed by atoms with Crippen LogP contribution in [0.2, 0.25) is 0 Å². The molecule has 0 spiro atoms. The van der Waals surface area contributed by atoms with E-state index in [0.29, 0.717) is 5.92 Å². The van der Waals surface area contributed by atoms with Crippen LogP contribution >= 0.6 is 0 Å². The fraction of sp³-hybridized carbons (Fsp3) is 0.524. The van der Waals surface area contributed by atoms with Gasteiger partial charge in [0, 0.05) is 17.0 Å². The van der Waals surface area contributed by atoms with Crippen LogP contribution in [0.15, 0.2) is 28.9 Å². The Morgan fingerprint density at radius 2 is 2.08 bits per heavy atom. The van der Waals surface area contributed by atoms with Crippen LogP contribution in [0.5, 0.6) is 0 Å². The number of hydrogen-bond donors (Lipinski definition) is 1. The molecule has 1 aliphatic rings. The lowest BCUT2D eigenvalue weighted by Crippen LogP contribution is -2.46. The van der Waals surface area contributed by atoms with Crippen molar-refractivity contribution in [2.75, 3.05) is 0 Å². The lowest BCUT2D eigenvalue weighted by atomic mass is 9.86. The smallest absolute Gasteiger partial charge is 0.311 e. The molecule has 0 aliphatic heterocycles. The van der Waals surface area contributed by atoms with Crippen LogP contribution in [0, 0.1) is 12.8 Å². The van der Waals surface area contributed by atoms with E-state index in [1.807, 2.05) is 25.1 Å². The van der Waals surface area contributed by atoms with Gasteiger partial charge >= 0.3 is 5.97 Å². The van der Waals surface area contributed by atoms with Crippen LogP contribution in [0.3, 0.4) is 0 Å². The van der Waals surface area contributed by atoms with E-state index in [1.165, 1.54) is 6.42 Å². The Kier molecular flexibility index (Phi) is 5.64. The Morgan fingerprint density at radius 3 is 2.85 bits per heavy atom. The van der Waals surface area contributed by atoms with Crippen molar-refractivity contribution in [3.8, 4) is 0 Å². The summed E-state index contributed by atoms with van der Waals surface area (Å²) in [6, 6.07) is 6.04. The van der Waals surface area contributed by atoms with Crippen LogP contribution in [0.1, 0.15) is 50.7 Å². The van der Waals surface area contributed by atoms with Gasteiger partial charge < -0.3 is 14.5 Å². The summed E-state index contributed by atoms with van der Waals surface area (Å²) in [5.41, 5.74) is 2.63. The number of carbonyl (C=O) groups excluding carboxylic acids is 2. The molecule has 1 N–H and O–H groups in total. The van der Waals surface area contributed by atoms with Crippen molar-refractivity contribution in [3.63, 3.8) is 0 Å².